The smallest absolute Gasteiger partial charge is 0.165 e. The molecule has 0 atom stereocenters. The SMILES string of the molecule is CNCc1ccc(OCc2csc(C(C)C)n2)c(F)c1. The van der Waals surface area contributed by atoms with E-state index in [2.05, 4.69) is 24.1 Å². The number of aromatic nitrogens is 1. The Labute approximate surface area is 122 Å². The lowest BCUT2D eigenvalue weighted by atomic mass is 10.2. The predicted octanol–water partition coefficient (Wildman–Crippen LogP) is 3.70. The average molecular weight is 294 g/mol. The number of ether oxygens (including phenoxy) is 1. The van der Waals surface area contributed by atoms with Gasteiger partial charge in [-0.25, -0.2) is 9.37 Å². The molecule has 0 bridgehead atoms. The van der Waals surface area contributed by atoms with E-state index in [0.717, 1.165) is 16.3 Å². The molecule has 0 aliphatic rings. The first-order chi connectivity index (χ1) is 9.60. The van der Waals surface area contributed by atoms with Gasteiger partial charge in [0.15, 0.2) is 11.6 Å². The van der Waals surface area contributed by atoms with Gasteiger partial charge in [0.1, 0.15) is 6.61 Å². The maximum Gasteiger partial charge on any atom is 0.165 e. The van der Waals surface area contributed by atoms with Crippen molar-refractivity contribution < 1.29 is 9.13 Å². The number of hydrogen-bond acceptors (Lipinski definition) is 4. The molecular weight excluding hydrogens is 275 g/mol. The maximum absolute atomic E-state index is 13.8. The molecule has 1 N–H and O–H groups in total. The third-order valence-corrected chi connectivity index (χ3v) is 4.01. The van der Waals surface area contributed by atoms with Crippen LogP contribution in [0, 0.1) is 5.82 Å². The highest BCUT2D eigenvalue weighted by molar-refractivity contribution is 7.09. The number of rotatable bonds is 6. The van der Waals surface area contributed by atoms with E-state index in [1.807, 2.05) is 18.5 Å². The minimum Gasteiger partial charge on any atom is -0.484 e. The molecule has 0 amide bonds. The molecule has 108 valence electrons. The first-order valence-electron chi connectivity index (χ1n) is 6.60. The standard InChI is InChI=1S/C15H19FN2OS/c1-10(2)15-18-12(9-20-15)8-19-14-5-4-11(7-17-3)6-13(14)16/h4-6,9-10,17H,7-8H2,1-3H3. The molecule has 0 saturated heterocycles. The highest BCUT2D eigenvalue weighted by Gasteiger charge is 2.08. The highest BCUT2D eigenvalue weighted by Crippen LogP contribution is 2.22. The monoisotopic (exact) mass is 294 g/mol. The molecule has 2 aromatic rings. The molecule has 0 fully saturated rings. The van der Waals surface area contributed by atoms with E-state index < -0.39 is 0 Å². The van der Waals surface area contributed by atoms with Crippen molar-refractivity contribution in [2.45, 2.75) is 32.9 Å². The molecule has 3 nitrogen and oxygen atoms in total. The van der Waals surface area contributed by atoms with Crippen LogP contribution in [-0.2, 0) is 13.2 Å². The third kappa shape index (κ3) is 3.77. The van der Waals surface area contributed by atoms with Gasteiger partial charge in [-0.05, 0) is 24.7 Å². The molecule has 2 rings (SSSR count). The first-order valence-corrected chi connectivity index (χ1v) is 7.48. The van der Waals surface area contributed by atoms with E-state index in [1.165, 1.54) is 6.07 Å². The zero-order chi connectivity index (χ0) is 14.5. The van der Waals surface area contributed by atoms with Crippen molar-refractivity contribution in [1.82, 2.24) is 10.3 Å². The van der Waals surface area contributed by atoms with Gasteiger partial charge >= 0.3 is 0 Å². The number of benzene rings is 1. The summed E-state index contributed by atoms with van der Waals surface area (Å²) < 4.78 is 19.3. The molecule has 20 heavy (non-hydrogen) atoms. The van der Waals surface area contributed by atoms with Gasteiger partial charge in [0.25, 0.3) is 0 Å². The second-order valence-electron chi connectivity index (χ2n) is 4.92. The molecule has 0 aliphatic heterocycles. The number of hydrogen-bond donors (Lipinski definition) is 1. The molecule has 1 heterocycles. The summed E-state index contributed by atoms with van der Waals surface area (Å²) in [6, 6.07) is 5.01. The quantitative estimate of drug-likeness (QED) is 0.882. The van der Waals surface area contributed by atoms with E-state index in [0.29, 0.717) is 19.1 Å². The third-order valence-electron chi connectivity index (χ3n) is 2.82. The van der Waals surface area contributed by atoms with Crippen molar-refractivity contribution in [2.75, 3.05) is 7.05 Å². The fraction of sp³-hybridized carbons (Fsp3) is 0.400. The second kappa shape index (κ2) is 6.81. The van der Waals surface area contributed by atoms with Crippen LogP contribution >= 0.6 is 11.3 Å². The van der Waals surface area contributed by atoms with Crippen LogP contribution in [0.5, 0.6) is 5.75 Å². The molecule has 1 aromatic heterocycles. The lowest BCUT2D eigenvalue weighted by molar-refractivity contribution is 0.286. The van der Waals surface area contributed by atoms with Crippen molar-refractivity contribution in [3.8, 4) is 5.75 Å². The van der Waals surface area contributed by atoms with Crippen LogP contribution in [0.2, 0.25) is 0 Å². The van der Waals surface area contributed by atoms with Crippen LogP contribution in [0.1, 0.15) is 36.0 Å². The average Bonchev–Trinajstić information content (AvgIpc) is 2.87. The van der Waals surface area contributed by atoms with Crippen molar-refractivity contribution in [3.05, 3.63) is 45.7 Å². The Morgan fingerprint density at radius 1 is 1.40 bits per heavy atom. The first kappa shape index (κ1) is 14.9. The Hall–Kier alpha value is -1.46. The molecule has 0 spiro atoms. The molecule has 1 aromatic carbocycles. The highest BCUT2D eigenvalue weighted by atomic mass is 32.1. The lowest BCUT2D eigenvalue weighted by Crippen LogP contribution is -2.05. The van der Waals surface area contributed by atoms with Crippen LogP contribution in [0.4, 0.5) is 4.39 Å². The van der Waals surface area contributed by atoms with Gasteiger partial charge in [-0.1, -0.05) is 19.9 Å². The normalized spacial score (nSPS) is 11.1. The number of nitrogens with zero attached hydrogens (tertiary/aromatic N) is 1. The van der Waals surface area contributed by atoms with Crippen molar-refractivity contribution in [1.29, 1.82) is 0 Å². The summed E-state index contributed by atoms with van der Waals surface area (Å²) in [7, 11) is 1.83. The van der Waals surface area contributed by atoms with Crippen LogP contribution in [0.3, 0.4) is 0 Å². The van der Waals surface area contributed by atoms with Crippen LogP contribution in [0.15, 0.2) is 23.6 Å². The second-order valence-corrected chi connectivity index (χ2v) is 5.81. The zero-order valence-corrected chi connectivity index (χ0v) is 12.8. The summed E-state index contributed by atoms with van der Waals surface area (Å²) in [5.41, 5.74) is 1.74. The summed E-state index contributed by atoms with van der Waals surface area (Å²) >= 11 is 1.61. The van der Waals surface area contributed by atoms with E-state index >= 15 is 0 Å². The van der Waals surface area contributed by atoms with E-state index in [9.17, 15) is 4.39 Å². The fourth-order valence-electron chi connectivity index (χ4n) is 1.78. The van der Waals surface area contributed by atoms with Crippen LogP contribution < -0.4 is 10.1 Å². The predicted molar refractivity (Wildman–Crippen MR) is 79.7 cm³/mol. The van der Waals surface area contributed by atoms with Crippen molar-refractivity contribution in [3.63, 3.8) is 0 Å². The fourth-order valence-corrected chi connectivity index (χ4v) is 2.60. The Morgan fingerprint density at radius 3 is 2.80 bits per heavy atom. The van der Waals surface area contributed by atoms with Crippen molar-refractivity contribution >= 4 is 11.3 Å². The van der Waals surface area contributed by atoms with Gasteiger partial charge in [-0.2, -0.15) is 0 Å². The van der Waals surface area contributed by atoms with Gasteiger partial charge < -0.3 is 10.1 Å². The van der Waals surface area contributed by atoms with Gasteiger partial charge in [0.05, 0.1) is 10.7 Å². The molecule has 0 radical (unpaired) electrons. The summed E-state index contributed by atoms with van der Waals surface area (Å²) in [5, 5.41) is 6.02. The van der Waals surface area contributed by atoms with E-state index in [4.69, 9.17) is 4.74 Å². The Balaban J connectivity index is 1.99. The minimum atomic E-state index is -0.336. The topological polar surface area (TPSA) is 34.1 Å². The lowest BCUT2D eigenvalue weighted by Gasteiger charge is -2.07. The minimum absolute atomic E-state index is 0.268. The molecule has 0 unspecified atom stereocenters. The van der Waals surface area contributed by atoms with E-state index in [1.54, 1.807) is 17.4 Å². The van der Waals surface area contributed by atoms with Gasteiger partial charge in [-0.15, -0.1) is 11.3 Å². The number of thiazole rings is 1. The summed E-state index contributed by atoms with van der Waals surface area (Å²) in [6.07, 6.45) is 0. The van der Waals surface area contributed by atoms with Gasteiger partial charge in [-0.3, -0.25) is 0 Å². The molecule has 0 saturated carbocycles. The van der Waals surface area contributed by atoms with Gasteiger partial charge in [0, 0.05) is 17.8 Å². The molecule has 0 aliphatic carbocycles. The van der Waals surface area contributed by atoms with Crippen LogP contribution in [-0.4, -0.2) is 12.0 Å². The summed E-state index contributed by atoms with van der Waals surface area (Å²) in [5.74, 6) is 0.340. The maximum atomic E-state index is 13.8. The zero-order valence-electron chi connectivity index (χ0n) is 11.9. The van der Waals surface area contributed by atoms with Gasteiger partial charge in [0.2, 0.25) is 0 Å². The molecule has 5 heteroatoms. The van der Waals surface area contributed by atoms with Crippen LogP contribution in [0.25, 0.3) is 0 Å². The Kier molecular flexibility index (Phi) is 5.09. The van der Waals surface area contributed by atoms with E-state index in [-0.39, 0.29) is 11.6 Å². The molecular formula is C15H19FN2OS. The largest absolute Gasteiger partial charge is 0.484 e. The Morgan fingerprint density at radius 2 is 2.20 bits per heavy atom. The number of halogens is 1. The summed E-state index contributed by atoms with van der Waals surface area (Å²) in [6.45, 7) is 5.14. The number of nitrogens with one attached hydrogen (secondary N) is 1. The summed E-state index contributed by atoms with van der Waals surface area (Å²) in [4.78, 5) is 4.46. The Bertz CT molecular complexity index is 569. The van der Waals surface area contributed by atoms with Crippen molar-refractivity contribution in [2.24, 2.45) is 0 Å².